The van der Waals surface area contributed by atoms with Crippen molar-refractivity contribution < 1.29 is 24.2 Å². The molecule has 3 rings (SSSR count). The van der Waals surface area contributed by atoms with Crippen LogP contribution in [-0.2, 0) is 14.4 Å². The smallest absolute Gasteiger partial charge is 0.341 e. The van der Waals surface area contributed by atoms with E-state index in [1.807, 2.05) is 18.2 Å². The summed E-state index contributed by atoms with van der Waals surface area (Å²) in [6, 6.07) is 10.6. The average molecular weight is 370 g/mol. The zero-order chi connectivity index (χ0) is 19.2. The van der Waals surface area contributed by atoms with Crippen molar-refractivity contribution in [3.8, 4) is 5.75 Å². The molecule has 1 aliphatic rings. The van der Waals surface area contributed by atoms with Crippen molar-refractivity contribution in [2.75, 3.05) is 25.0 Å². The lowest BCUT2D eigenvalue weighted by Crippen LogP contribution is -2.37. The van der Waals surface area contributed by atoms with Gasteiger partial charge in [-0.1, -0.05) is 30.7 Å². The van der Waals surface area contributed by atoms with Crippen molar-refractivity contribution in [1.29, 1.82) is 0 Å². The minimum absolute atomic E-state index is 0.0185. The Kier molecular flexibility index (Phi) is 5.90. The second kappa shape index (κ2) is 8.53. The lowest BCUT2D eigenvalue weighted by atomic mass is 10.1. The number of hydrogen-bond acceptors (Lipinski definition) is 4. The van der Waals surface area contributed by atoms with E-state index in [1.54, 1.807) is 23.1 Å². The Balaban J connectivity index is 1.76. The Morgan fingerprint density at radius 1 is 1.07 bits per heavy atom. The molecule has 1 saturated heterocycles. The molecule has 7 nitrogen and oxygen atoms in total. The quantitative estimate of drug-likeness (QED) is 0.815. The topological polar surface area (TPSA) is 95.9 Å². The van der Waals surface area contributed by atoms with Crippen molar-refractivity contribution in [2.24, 2.45) is 0 Å². The van der Waals surface area contributed by atoms with Gasteiger partial charge in [0.2, 0.25) is 11.8 Å². The predicted octanol–water partition coefficient (Wildman–Crippen LogP) is 2.64. The van der Waals surface area contributed by atoms with E-state index in [0.29, 0.717) is 29.8 Å². The van der Waals surface area contributed by atoms with E-state index >= 15 is 0 Å². The summed E-state index contributed by atoms with van der Waals surface area (Å²) in [5.41, 5.74) is 0.598. The minimum atomic E-state index is -1.06. The van der Waals surface area contributed by atoms with Gasteiger partial charge in [-0.25, -0.2) is 4.79 Å². The SMILES string of the molecule is O=C(O)COc1ccc(NC(=O)CN2CCCCCC2=O)c2ccccc12. The molecule has 0 atom stereocenters. The zero-order valence-corrected chi connectivity index (χ0v) is 14.9. The van der Waals surface area contributed by atoms with Gasteiger partial charge >= 0.3 is 5.97 Å². The van der Waals surface area contributed by atoms with Crippen LogP contribution in [-0.4, -0.2) is 47.5 Å². The molecule has 2 aromatic carbocycles. The third kappa shape index (κ3) is 4.75. The van der Waals surface area contributed by atoms with Gasteiger partial charge in [0.1, 0.15) is 5.75 Å². The molecule has 0 aromatic heterocycles. The van der Waals surface area contributed by atoms with Crippen molar-refractivity contribution in [2.45, 2.75) is 25.7 Å². The number of ether oxygens (including phenoxy) is 1. The van der Waals surface area contributed by atoms with Crippen LogP contribution in [0.4, 0.5) is 5.69 Å². The lowest BCUT2D eigenvalue weighted by molar-refractivity contribution is -0.139. The number of hydrogen-bond donors (Lipinski definition) is 2. The Morgan fingerprint density at radius 2 is 1.85 bits per heavy atom. The summed E-state index contributed by atoms with van der Waals surface area (Å²) in [5, 5.41) is 13.1. The molecule has 0 bridgehead atoms. The Hall–Kier alpha value is -3.09. The predicted molar refractivity (Wildman–Crippen MR) is 101 cm³/mol. The van der Waals surface area contributed by atoms with E-state index in [4.69, 9.17) is 9.84 Å². The van der Waals surface area contributed by atoms with E-state index < -0.39 is 12.6 Å². The number of carbonyl (C=O) groups excluding carboxylic acids is 2. The number of rotatable bonds is 6. The van der Waals surface area contributed by atoms with E-state index in [1.165, 1.54) is 0 Å². The maximum absolute atomic E-state index is 12.5. The molecule has 7 heteroatoms. The number of aliphatic carboxylic acids is 1. The van der Waals surface area contributed by atoms with Gasteiger partial charge in [-0.05, 0) is 25.0 Å². The summed E-state index contributed by atoms with van der Waals surface area (Å²) < 4.78 is 5.33. The average Bonchev–Trinajstić information content (AvgIpc) is 2.85. The van der Waals surface area contributed by atoms with Crippen LogP contribution < -0.4 is 10.1 Å². The summed E-state index contributed by atoms with van der Waals surface area (Å²) in [5.74, 6) is -0.855. The molecule has 0 unspecified atom stereocenters. The van der Waals surface area contributed by atoms with Gasteiger partial charge in [0.25, 0.3) is 0 Å². The van der Waals surface area contributed by atoms with Crippen LogP contribution in [0.15, 0.2) is 36.4 Å². The number of likely N-dealkylation sites (tertiary alicyclic amines) is 1. The molecular formula is C20H22N2O5. The normalized spacial score (nSPS) is 14.7. The number of fused-ring (bicyclic) bond motifs is 1. The molecule has 2 amide bonds. The molecule has 142 valence electrons. The molecule has 0 radical (unpaired) electrons. The fourth-order valence-electron chi connectivity index (χ4n) is 3.21. The molecule has 1 aliphatic heterocycles. The Labute approximate surface area is 156 Å². The number of benzene rings is 2. The van der Waals surface area contributed by atoms with Crippen molar-refractivity contribution >= 4 is 34.2 Å². The highest BCUT2D eigenvalue weighted by Crippen LogP contribution is 2.31. The summed E-state index contributed by atoms with van der Waals surface area (Å²) in [4.78, 5) is 36.9. The second-order valence-electron chi connectivity index (χ2n) is 6.51. The van der Waals surface area contributed by atoms with Crippen LogP contribution in [0.5, 0.6) is 5.75 Å². The maximum Gasteiger partial charge on any atom is 0.341 e. The molecule has 2 aromatic rings. The highest BCUT2D eigenvalue weighted by Gasteiger charge is 2.19. The number of carbonyl (C=O) groups is 3. The van der Waals surface area contributed by atoms with Crippen LogP contribution in [0.3, 0.4) is 0 Å². The molecular weight excluding hydrogens is 348 g/mol. The summed E-state index contributed by atoms with van der Waals surface area (Å²) >= 11 is 0. The largest absolute Gasteiger partial charge is 0.481 e. The summed E-state index contributed by atoms with van der Waals surface area (Å²) in [6.45, 7) is 0.201. The van der Waals surface area contributed by atoms with Gasteiger partial charge in [-0.15, -0.1) is 0 Å². The van der Waals surface area contributed by atoms with Crippen molar-refractivity contribution in [3.05, 3.63) is 36.4 Å². The summed E-state index contributed by atoms with van der Waals surface area (Å²) in [6.07, 6.45) is 3.29. The fourth-order valence-corrected chi connectivity index (χ4v) is 3.21. The van der Waals surface area contributed by atoms with Gasteiger partial charge in [0.05, 0.1) is 6.54 Å². The monoisotopic (exact) mass is 370 g/mol. The number of carboxylic acids is 1. The first-order valence-electron chi connectivity index (χ1n) is 8.98. The molecule has 0 spiro atoms. The number of nitrogens with zero attached hydrogens (tertiary/aromatic N) is 1. The zero-order valence-electron chi connectivity index (χ0n) is 14.9. The first kappa shape index (κ1) is 18.7. The van der Waals surface area contributed by atoms with Crippen LogP contribution in [0.2, 0.25) is 0 Å². The molecule has 1 heterocycles. The van der Waals surface area contributed by atoms with E-state index in [0.717, 1.165) is 24.6 Å². The molecule has 27 heavy (non-hydrogen) atoms. The molecule has 0 aliphatic carbocycles. The van der Waals surface area contributed by atoms with Gasteiger partial charge in [-0.2, -0.15) is 0 Å². The van der Waals surface area contributed by atoms with Crippen LogP contribution in [0.25, 0.3) is 10.8 Å². The maximum atomic E-state index is 12.5. The minimum Gasteiger partial charge on any atom is -0.481 e. The Morgan fingerprint density at radius 3 is 2.63 bits per heavy atom. The fraction of sp³-hybridized carbons (Fsp3) is 0.350. The van der Waals surface area contributed by atoms with E-state index in [9.17, 15) is 14.4 Å². The number of nitrogens with one attached hydrogen (secondary N) is 1. The van der Waals surface area contributed by atoms with Gasteiger partial charge in [0.15, 0.2) is 6.61 Å². The molecule has 0 saturated carbocycles. The molecule has 2 N–H and O–H groups in total. The highest BCUT2D eigenvalue weighted by atomic mass is 16.5. The van der Waals surface area contributed by atoms with Gasteiger partial charge in [-0.3, -0.25) is 9.59 Å². The van der Waals surface area contributed by atoms with Crippen molar-refractivity contribution in [3.63, 3.8) is 0 Å². The van der Waals surface area contributed by atoms with Crippen LogP contribution >= 0.6 is 0 Å². The van der Waals surface area contributed by atoms with Crippen LogP contribution in [0.1, 0.15) is 25.7 Å². The number of amides is 2. The number of carboxylic acid groups (broad SMARTS) is 1. The second-order valence-corrected chi connectivity index (χ2v) is 6.51. The van der Waals surface area contributed by atoms with Gasteiger partial charge in [0, 0.05) is 29.4 Å². The standard InChI is InChI=1S/C20H22N2O5/c23-18(12-22-11-5-1-2-8-19(22)24)21-16-9-10-17(27-13-20(25)26)15-7-4-3-6-14(15)16/h3-4,6-7,9-10H,1-2,5,8,11-13H2,(H,21,23)(H,25,26). The summed E-state index contributed by atoms with van der Waals surface area (Å²) in [7, 11) is 0. The Bertz CT molecular complexity index is 865. The first-order chi connectivity index (χ1) is 13.0. The van der Waals surface area contributed by atoms with Gasteiger partial charge < -0.3 is 20.1 Å². The van der Waals surface area contributed by atoms with Crippen LogP contribution in [0, 0.1) is 0 Å². The number of anilines is 1. The third-order valence-corrected chi connectivity index (χ3v) is 4.52. The lowest BCUT2D eigenvalue weighted by Gasteiger charge is -2.20. The highest BCUT2D eigenvalue weighted by molar-refractivity contribution is 6.05. The van der Waals surface area contributed by atoms with E-state index in [-0.39, 0.29) is 18.4 Å². The molecule has 1 fully saturated rings. The van der Waals surface area contributed by atoms with Crippen molar-refractivity contribution in [1.82, 2.24) is 4.90 Å². The first-order valence-corrected chi connectivity index (χ1v) is 8.98. The van der Waals surface area contributed by atoms with E-state index in [2.05, 4.69) is 5.32 Å². The third-order valence-electron chi connectivity index (χ3n) is 4.52.